The van der Waals surface area contributed by atoms with Gasteiger partial charge < -0.3 is 14.7 Å². The fraction of sp³-hybridized carbons (Fsp3) is 0.650. The van der Waals surface area contributed by atoms with E-state index in [9.17, 15) is 9.59 Å². The van der Waals surface area contributed by atoms with Crippen molar-refractivity contribution in [1.29, 1.82) is 0 Å². The highest BCUT2D eigenvalue weighted by Crippen LogP contribution is 2.30. The second-order valence-corrected chi connectivity index (χ2v) is 8.43. The summed E-state index contributed by atoms with van der Waals surface area (Å²) in [5.41, 5.74) is 3.86. The number of hydrogen-bond donors (Lipinski definition) is 1. The van der Waals surface area contributed by atoms with E-state index in [1.807, 2.05) is 23.6 Å². The fourth-order valence-corrected chi connectivity index (χ4v) is 4.48. The third-order valence-electron chi connectivity index (χ3n) is 6.10. The second-order valence-electron chi connectivity index (χ2n) is 8.43. The van der Waals surface area contributed by atoms with E-state index in [4.69, 9.17) is 0 Å². The standard InChI is InChI=1S/C20H29N5O2/c1-13(2)6-9-25-15-5-4-14(19(25)26)10-24(11-15)20(27)18-16-12-23(3)8-7-17(16)21-22-18/h6,14-15H,4-5,7-12H2,1-3H3,(H,21,22)/t14-,15+/m1/s1. The largest absolute Gasteiger partial charge is 0.334 e. The molecule has 0 spiro atoms. The smallest absolute Gasteiger partial charge is 0.274 e. The van der Waals surface area contributed by atoms with Crippen molar-refractivity contribution in [3.05, 3.63) is 28.6 Å². The summed E-state index contributed by atoms with van der Waals surface area (Å²) in [5, 5.41) is 7.42. The SMILES string of the molecule is CC(C)=CCN1C(=O)[C@@H]2CC[C@H]1CN(C(=O)c1n[nH]c3c1CN(C)CC3)C2. The van der Waals surface area contributed by atoms with Gasteiger partial charge in [-0.1, -0.05) is 11.6 Å². The molecule has 5 rings (SSSR count). The zero-order valence-corrected chi connectivity index (χ0v) is 16.5. The third-order valence-corrected chi connectivity index (χ3v) is 6.10. The van der Waals surface area contributed by atoms with Crippen LogP contribution in [0.4, 0.5) is 0 Å². The van der Waals surface area contributed by atoms with Gasteiger partial charge in [0.25, 0.3) is 5.91 Å². The molecule has 1 aromatic heterocycles. The number of piperidine rings is 1. The Morgan fingerprint density at radius 3 is 2.89 bits per heavy atom. The Kier molecular flexibility index (Phi) is 4.80. The molecule has 0 unspecified atom stereocenters. The van der Waals surface area contributed by atoms with Crippen molar-refractivity contribution in [2.75, 3.05) is 33.2 Å². The number of fused-ring (bicyclic) bond motifs is 5. The van der Waals surface area contributed by atoms with Crippen molar-refractivity contribution in [2.45, 2.75) is 45.7 Å². The van der Waals surface area contributed by atoms with Crippen LogP contribution in [0.15, 0.2) is 11.6 Å². The molecule has 0 aliphatic carbocycles. The summed E-state index contributed by atoms with van der Waals surface area (Å²) in [4.78, 5) is 32.2. The van der Waals surface area contributed by atoms with Crippen LogP contribution in [0.2, 0.25) is 0 Å². The summed E-state index contributed by atoms with van der Waals surface area (Å²) < 4.78 is 0. The van der Waals surface area contributed by atoms with Crippen molar-refractivity contribution >= 4 is 11.8 Å². The van der Waals surface area contributed by atoms with Gasteiger partial charge in [0.1, 0.15) is 0 Å². The molecule has 4 aliphatic heterocycles. The molecule has 0 aromatic carbocycles. The van der Waals surface area contributed by atoms with Gasteiger partial charge in [-0.05, 0) is 33.7 Å². The van der Waals surface area contributed by atoms with Gasteiger partial charge in [-0.25, -0.2) is 0 Å². The highest BCUT2D eigenvalue weighted by atomic mass is 16.2. The van der Waals surface area contributed by atoms with Crippen LogP contribution in [-0.4, -0.2) is 76.0 Å². The van der Waals surface area contributed by atoms with Crippen LogP contribution in [0.25, 0.3) is 0 Å². The summed E-state index contributed by atoms with van der Waals surface area (Å²) in [5.74, 6) is 0.0788. The summed E-state index contributed by atoms with van der Waals surface area (Å²) in [7, 11) is 2.07. The van der Waals surface area contributed by atoms with E-state index in [1.54, 1.807) is 0 Å². The van der Waals surface area contributed by atoms with Gasteiger partial charge in [0, 0.05) is 56.4 Å². The molecule has 27 heavy (non-hydrogen) atoms. The van der Waals surface area contributed by atoms with E-state index >= 15 is 0 Å². The lowest BCUT2D eigenvalue weighted by Gasteiger charge is -2.35. The quantitative estimate of drug-likeness (QED) is 0.816. The van der Waals surface area contributed by atoms with E-state index in [2.05, 4.69) is 28.2 Å². The van der Waals surface area contributed by atoms with Crippen LogP contribution in [0.1, 0.15) is 48.4 Å². The molecule has 5 heterocycles. The number of hydrogen-bond acceptors (Lipinski definition) is 4. The number of carbonyl (C=O) groups is 2. The van der Waals surface area contributed by atoms with Crippen LogP contribution in [-0.2, 0) is 17.8 Å². The molecule has 3 saturated heterocycles. The number of nitrogens with one attached hydrogen (secondary N) is 1. The minimum Gasteiger partial charge on any atom is -0.334 e. The first-order chi connectivity index (χ1) is 12.9. The van der Waals surface area contributed by atoms with Gasteiger partial charge in [0.15, 0.2) is 5.69 Å². The lowest BCUT2D eigenvalue weighted by Crippen LogP contribution is -2.48. The lowest BCUT2D eigenvalue weighted by atomic mass is 9.94. The molecule has 146 valence electrons. The highest BCUT2D eigenvalue weighted by Gasteiger charge is 2.42. The van der Waals surface area contributed by atoms with Crippen LogP contribution in [0, 0.1) is 5.92 Å². The zero-order valence-electron chi connectivity index (χ0n) is 16.5. The predicted molar refractivity (Wildman–Crippen MR) is 102 cm³/mol. The maximum absolute atomic E-state index is 13.3. The van der Waals surface area contributed by atoms with Crippen molar-refractivity contribution in [2.24, 2.45) is 5.92 Å². The van der Waals surface area contributed by atoms with Gasteiger partial charge in [0.2, 0.25) is 5.91 Å². The number of nitrogens with zero attached hydrogens (tertiary/aromatic N) is 4. The molecule has 7 nitrogen and oxygen atoms in total. The minimum atomic E-state index is -0.0873. The number of aromatic amines is 1. The van der Waals surface area contributed by atoms with Crippen molar-refractivity contribution in [3.8, 4) is 0 Å². The zero-order chi connectivity index (χ0) is 19.1. The number of aromatic nitrogens is 2. The Bertz CT molecular complexity index is 779. The van der Waals surface area contributed by atoms with Gasteiger partial charge in [-0.15, -0.1) is 0 Å². The first kappa shape index (κ1) is 18.2. The first-order valence-electron chi connectivity index (χ1n) is 9.91. The number of H-pyrrole nitrogens is 1. The van der Waals surface area contributed by atoms with Crippen LogP contribution < -0.4 is 0 Å². The van der Waals surface area contributed by atoms with Gasteiger partial charge in [0.05, 0.1) is 5.92 Å². The van der Waals surface area contributed by atoms with E-state index in [0.717, 1.165) is 43.6 Å². The highest BCUT2D eigenvalue weighted by molar-refractivity contribution is 5.95. The molecule has 1 aromatic rings. The fourth-order valence-electron chi connectivity index (χ4n) is 4.48. The summed E-state index contributed by atoms with van der Waals surface area (Å²) in [6, 6.07) is 0.105. The predicted octanol–water partition coefficient (Wildman–Crippen LogP) is 1.43. The first-order valence-corrected chi connectivity index (χ1v) is 9.91. The summed E-state index contributed by atoms with van der Waals surface area (Å²) in [6.45, 7) is 7.59. The molecule has 0 saturated carbocycles. The Hall–Kier alpha value is -2.15. The second kappa shape index (κ2) is 7.11. The van der Waals surface area contributed by atoms with Crippen molar-refractivity contribution in [1.82, 2.24) is 24.9 Å². The molecular weight excluding hydrogens is 342 g/mol. The molecule has 2 amide bonds. The van der Waals surface area contributed by atoms with E-state index in [0.29, 0.717) is 25.3 Å². The molecule has 4 aliphatic rings. The molecule has 3 fully saturated rings. The molecule has 7 heteroatoms. The Labute approximate surface area is 160 Å². The van der Waals surface area contributed by atoms with Crippen LogP contribution in [0.5, 0.6) is 0 Å². The molecule has 2 atom stereocenters. The Morgan fingerprint density at radius 1 is 1.30 bits per heavy atom. The monoisotopic (exact) mass is 371 g/mol. The van der Waals surface area contributed by atoms with E-state index in [1.165, 1.54) is 5.57 Å². The van der Waals surface area contributed by atoms with Crippen molar-refractivity contribution in [3.63, 3.8) is 0 Å². The van der Waals surface area contributed by atoms with Gasteiger partial charge in [-0.2, -0.15) is 5.10 Å². The minimum absolute atomic E-state index is 0.0310. The van der Waals surface area contributed by atoms with Crippen LogP contribution in [0.3, 0.4) is 0 Å². The summed E-state index contributed by atoms with van der Waals surface area (Å²) >= 11 is 0. The number of rotatable bonds is 3. The van der Waals surface area contributed by atoms with Gasteiger partial charge >= 0.3 is 0 Å². The number of carbonyl (C=O) groups excluding carboxylic acids is 2. The van der Waals surface area contributed by atoms with E-state index in [-0.39, 0.29) is 23.8 Å². The van der Waals surface area contributed by atoms with Crippen molar-refractivity contribution < 1.29 is 9.59 Å². The summed E-state index contributed by atoms with van der Waals surface area (Å²) in [6.07, 6.45) is 4.84. The number of amides is 2. The average molecular weight is 371 g/mol. The third kappa shape index (κ3) is 3.40. The lowest BCUT2D eigenvalue weighted by molar-refractivity contribution is -0.139. The number of likely N-dealkylation sites (N-methyl/N-ethyl adjacent to an activating group) is 1. The van der Waals surface area contributed by atoms with Crippen LogP contribution >= 0.6 is 0 Å². The Morgan fingerprint density at radius 2 is 2.11 bits per heavy atom. The topological polar surface area (TPSA) is 72.5 Å². The molecular formula is C20H29N5O2. The average Bonchev–Trinajstić information content (AvgIpc) is 2.84. The molecule has 0 radical (unpaired) electrons. The maximum Gasteiger partial charge on any atom is 0.274 e. The normalized spacial score (nSPS) is 25.4. The number of allylic oxidation sites excluding steroid dienone is 1. The van der Waals surface area contributed by atoms with Gasteiger partial charge in [-0.3, -0.25) is 14.7 Å². The molecule has 1 N–H and O–H groups in total. The maximum atomic E-state index is 13.3. The Balaban J connectivity index is 1.56. The van der Waals surface area contributed by atoms with E-state index < -0.39 is 0 Å². The molecule has 2 bridgehead atoms.